The van der Waals surface area contributed by atoms with E-state index in [-0.39, 0.29) is 18.6 Å². The van der Waals surface area contributed by atoms with Gasteiger partial charge in [-0.15, -0.1) is 0 Å². The summed E-state index contributed by atoms with van der Waals surface area (Å²) in [6.07, 6.45) is 4.03. The molecule has 1 saturated carbocycles. The van der Waals surface area contributed by atoms with Crippen molar-refractivity contribution in [1.82, 2.24) is 4.90 Å². The number of nitrogens with zero attached hydrogens (tertiary/aromatic N) is 1. The molecule has 1 aliphatic heterocycles. The molecular formula is C14H25NO2. The number of likely N-dealkylation sites (tertiary alicyclic amines) is 1. The summed E-state index contributed by atoms with van der Waals surface area (Å²) in [6, 6.07) is 0.278. The minimum Gasteiger partial charge on any atom is -0.395 e. The van der Waals surface area contributed by atoms with Crippen molar-refractivity contribution in [2.45, 2.75) is 45.6 Å². The SMILES string of the molecule is CC1CCC(=O)C(CN2CCC(C)C2CO)C1. The van der Waals surface area contributed by atoms with Gasteiger partial charge in [-0.2, -0.15) is 0 Å². The Labute approximate surface area is 104 Å². The number of hydrogen-bond donors (Lipinski definition) is 1. The van der Waals surface area contributed by atoms with E-state index in [9.17, 15) is 9.90 Å². The van der Waals surface area contributed by atoms with Gasteiger partial charge in [0.05, 0.1) is 6.61 Å². The van der Waals surface area contributed by atoms with Gasteiger partial charge in [-0.25, -0.2) is 0 Å². The van der Waals surface area contributed by atoms with Crippen LogP contribution in [0.2, 0.25) is 0 Å². The summed E-state index contributed by atoms with van der Waals surface area (Å²) in [4.78, 5) is 14.3. The summed E-state index contributed by atoms with van der Waals surface area (Å²) in [7, 11) is 0. The Morgan fingerprint density at radius 1 is 1.35 bits per heavy atom. The number of aliphatic hydroxyl groups excluding tert-OH is 1. The average Bonchev–Trinajstić information content (AvgIpc) is 2.64. The van der Waals surface area contributed by atoms with Gasteiger partial charge in [-0.3, -0.25) is 9.69 Å². The first-order valence-electron chi connectivity index (χ1n) is 6.99. The van der Waals surface area contributed by atoms with Crippen LogP contribution >= 0.6 is 0 Å². The maximum atomic E-state index is 11.9. The van der Waals surface area contributed by atoms with Crippen LogP contribution in [0.3, 0.4) is 0 Å². The monoisotopic (exact) mass is 239 g/mol. The van der Waals surface area contributed by atoms with E-state index in [2.05, 4.69) is 18.7 Å². The summed E-state index contributed by atoms with van der Waals surface area (Å²) in [5.74, 6) is 1.92. The maximum absolute atomic E-state index is 11.9. The average molecular weight is 239 g/mol. The van der Waals surface area contributed by atoms with Crippen LogP contribution in [0.15, 0.2) is 0 Å². The van der Waals surface area contributed by atoms with Crippen LogP contribution in [-0.4, -0.2) is 41.5 Å². The Kier molecular flexibility index (Phi) is 4.21. The second kappa shape index (κ2) is 5.49. The highest BCUT2D eigenvalue weighted by Crippen LogP contribution is 2.30. The summed E-state index contributed by atoms with van der Waals surface area (Å²) < 4.78 is 0. The van der Waals surface area contributed by atoms with Crippen molar-refractivity contribution in [3.63, 3.8) is 0 Å². The largest absolute Gasteiger partial charge is 0.395 e. The first kappa shape index (κ1) is 13.0. The molecule has 0 aromatic rings. The fourth-order valence-electron chi connectivity index (χ4n) is 3.40. The molecule has 4 unspecified atom stereocenters. The molecule has 0 amide bonds. The Balaban J connectivity index is 1.93. The lowest BCUT2D eigenvalue weighted by molar-refractivity contribution is -0.126. The van der Waals surface area contributed by atoms with Gasteiger partial charge < -0.3 is 5.11 Å². The third-order valence-electron chi connectivity index (χ3n) is 4.67. The van der Waals surface area contributed by atoms with Gasteiger partial charge in [-0.1, -0.05) is 13.8 Å². The Bertz CT molecular complexity index is 279. The Morgan fingerprint density at radius 3 is 2.82 bits per heavy atom. The highest BCUT2D eigenvalue weighted by Gasteiger charge is 2.35. The van der Waals surface area contributed by atoms with E-state index in [1.165, 1.54) is 0 Å². The van der Waals surface area contributed by atoms with Crippen molar-refractivity contribution in [3.05, 3.63) is 0 Å². The van der Waals surface area contributed by atoms with Crippen LogP contribution in [0, 0.1) is 17.8 Å². The van der Waals surface area contributed by atoms with Crippen molar-refractivity contribution < 1.29 is 9.90 Å². The standard InChI is InChI=1S/C14H25NO2/c1-10-3-4-14(17)12(7-10)8-15-6-5-11(2)13(15)9-16/h10-13,16H,3-9H2,1-2H3. The molecule has 98 valence electrons. The second-order valence-corrected chi connectivity index (χ2v) is 6.05. The lowest BCUT2D eigenvalue weighted by atomic mass is 9.81. The minimum absolute atomic E-state index is 0.220. The van der Waals surface area contributed by atoms with Crippen molar-refractivity contribution in [2.24, 2.45) is 17.8 Å². The van der Waals surface area contributed by atoms with E-state index in [1.54, 1.807) is 0 Å². The molecule has 17 heavy (non-hydrogen) atoms. The number of ketones is 1. The van der Waals surface area contributed by atoms with Crippen LogP contribution in [0.5, 0.6) is 0 Å². The zero-order valence-electron chi connectivity index (χ0n) is 11.1. The molecule has 1 aliphatic carbocycles. The molecule has 1 N–H and O–H groups in total. The van der Waals surface area contributed by atoms with Gasteiger partial charge in [0.2, 0.25) is 0 Å². The minimum atomic E-state index is 0.220. The molecule has 3 nitrogen and oxygen atoms in total. The van der Waals surface area contributed by atoms with Gasteiger partial charge in [0.25, 0.3) is 0 Å². The summed E-state index contributed by atoms with van der Waals surface area (Å²) in [5, 5.41) is 9.43. The lowest BCUT2D eigenvalue weighted by Gasteiger charge is -2.32. The molecule has 2 aliphatic rings. The van der Waals surface area contributed by atoms with E-state index in [4.69, 9.17) is 0 Å². The number of rotatable bonds is 3. The number of carbonyl (C=O) groups is 1. The summed E-state index contributed by atoms with van der Waals surface area (Å²) >= 11 is 0. The van der Waals surface area contributed by atoms with Crippen molar-refractivity contribution in [3.8, 4) is 0 Å². The van der Waals surface area contributed by atoms with Gasteiger partial charge in [0, 0.05) is 24.9 Å². The molecule has 0 bridgehead atoms. The van der Waals surface area contributed by atoms with Gasteiger partial charge in [0.1, 0.15) is 5.78 Å². The highest BCUT2D eigenvalue weighted by atomic mass is 16.3. The summed E-state index contributed by atoms with van der Waals surface area (Å²) in [5.41, 5.74) is 0. The number of hydrogen-bond acceptors (Lipinski definition) is 3. The third kappa shape index (κ3) is 2.89. The second-order valence-electron chi connectivity index (χ2n) is 6.05. The van der Waals surface area contributed by atoms with E-state index in [0.29, 0.717) is 17.6 Å². The zero-order valence-corrected chi connectivity index (χ0v) is 11.1. The van der Waals surface area contributed by atoms with Crippen molar-refractivity contribution >= 4 is 5.78 Å². The molecule has 4 atom stereocenters. The molecule has 1 heterocycles. The number of Topliss-reactive ketones (excluding diaryl/α,β-unsaturated/α-hetero) is 1. The molecule has 3 heteroatoms. The fraction of sp³-hybridized carbons (Fsp3) is 0.929. The Morgan fingerprint density at radius 2 is 2.12 bits per heavy atom. The van der Waals surface area contributed by atoms with Gasteiger partial charge in [-0.05, 0) is 37.6 Å². The first-order chi connectivity index (χ1) is 8.11. The van der Waals surface area contributed by atoms with Crippen molar-refractivity contribution in [2.75, 3.05) is 19.7 Å². The van der Waals surface area contributed by atoms with Crippen LogP contribution in [0.25, 0.3) is 0 Å². The van der Waals surface area contributed by atoms with E-state index >= 15 is 0 Å². The van der Waals surface area contributed by atoms with Crippen LogP contribution < -0.4 is 0 Å². The molecule has 0 aromatic heterocycles. The van der Waals surface area contributed by atoms with Crippen LogP contribution in [0.4, 0.5) is 0 Å². The molecular weight excluding hydrogens is 214 g/mol. The van der Waals surface area contributed by atoms with Gasteiger partial charge >= 0.3 is 0 Å². The maximum Gasteiger partial charge on any atom is 0.137 e. The van der Waals surface area contributed by atoms with Gasteiger partial charge in [0.15, 0.2) is 0 Å². The smallest absolute Gasteiger partial charge is 0.137 e. The first-order valence-corrected chi connectivity index (χ1v) is 6.99. The van der Waals surface area contributed by atoms with E-state index < -0.39 is 0 Å². The number of carbonyl (C=O) groups excluding carboxylic acids is 1. The van der Waals surface area contributed by atoms with E-state index in [1.807, 2.05) is 0 Å². The molecule has 0 radical (unpaired) electrons. The molecule has 2 rings (SSSR count). The quantitative estimate of drug-likeness (QED) is 0.815. The molecule has 0 spiro atoms. The van der Waals surface area contributed by atoms with E-state index in [0.717, 1.165) is 38.8 Å². The zero-order chi connectivity index (χ0) is 12.4. The molecule has 0 aromatic carbocycles. The Hall–Kier alpha value is -0.410. The predicted octanol–water partition coefficient (Wildman–Crippen LogP) is 1.69. The van der Waals surface area contributed by atoms with Crippen LogP contribution in [0.1, 0.15) is 39.5 Å². The predicted molar refractivity (Wildman–Crippen MR) is 67.7 cm³/mol. The third-order valence-corrected chi connectivity index (χ3v) is 4.67. The topological polar surface area (TPSA) is 40.5 Å². The molecule has 1 saturated heterocycles. The normalized spacial score (nSPS) is 39.8. The van der Waals surface area contributed by atoms with Crippen molar-refractivity contribution in [1.29, 1.82) is 0 Å². The van der Waals surface area contributed by atoms with Crippen LogP contribution in [-0.2, 0) is 4.79 Å². The fourth-order valence-corrected chi connectivity index (χ4v) is 3.40. The summed E-state index contributed by atoms with van der Waals surface area (Å²) in [6.45, 7) is 6.60. The molecule has 2 fully saturated rings. The highest BCUT2D eigenvalue weighted by molar-refractivity contribution is 5.81. The number of aliphatic hydroxyl groups is 1. The lowest BCUT2D eigenvalue weighted by Crippen LogP contribution is -2.41.